The van der Waals surface area contributed by atoms with Crippen LogP contribution in [0.2, 0.25) is 0 Å². The zero-order valence-electron chi connectivity index (χ0n) is 10.2. The molecule has 0 bridgehead atoms. The normalized spacial score (nSPS) is 18.6. The number of amides is 1. The lowest BCUT2D eigenvalue weighted by Gasteiger charge is -2.11. The molecule has 1 unspecified atom stereocenters. The highest BCUT2D eigenvalue weighted by Gasteiger charge is 2.18. The van der Waals surface area contributed by atoms with Gasteiger partial charge >= 0.3 is 0 Å². The van der Waals surface area contributed by atoms with Crippen molar-refractivity contribution in [3.63, 3.8) is 0 Å². The number of halogens is 3. The minimum Gasteiger partial charge on any atom is -0.376 e. The maximum absolute atomic E-state index is 13.3. The van der Waals surface area contributed by atoms with Gasteiger partial charge in [-0.25, -0.2) is 13.2 Å². The molecule has 1 N–H and O–H groups in total. The second-order valence-corrected chi connectivity index (χ2v) is 4.45. The molecule has 1 aliphatic rings. The van der Waals surface area contributed by atoms with Crippen molar-refractivity contribution in [1.29, 1.82) is 0 Å². The van der Waals surface area contributed by atoms with Crippen molar-refractivity contribution in [2.45, 2.75) is 25.4 Å². The van der Waals surface area contributed by atoms with E-state index < -0.39 is 23.4 Å². The molecule has 0 saturated carbocycles. The SMILES string of the molecule is O=C(Cc1ccc(F)c(F)c1F)NCC1CCCO1. The largest absolute Gasteiger partial charge is 0.376 e. The van der Waals surface area contributed by atoms with Crippen molar-refractivity contribution < 1.29 is 22.7 Å². The fourth-order valence-corrected chi connectivity index (χ4v) is 1.97. The number of carbonyl (C=O) groups is 1. The zero-order chi connectivity index (χ0) is 13.8. The summed E-state index contributed by atoms with van der Waals surface area (Å²) in [4.78, 5) is 11.6. The molecule has 1 heterocycles. The molecule has 0 aliphatic carbocycles. The highest BCUT2D eigenvalue weighted by Crippen LogP contribution is 2.16. The summed E-state index contributed by atoms with van der Waals surface area (Å²) in [6.45, 7) is 1.03. The van der Waals surface area contributed by atoms with E-state index in [1.807, 2.05) is 0 Å². The fourth-order valence-electron chi connectivity index (χ4n) is 1.97. The van der Waals surface area contributed by atoms with Crippen LogP contribution >= 0.6 is 0 Å². The van der Waals surface area contributed by atoms with Crippen molar-refractivity contribution in [2.75, 3.05) is 13.2 Å². The first-order chi connectivity index (χ1) is 9.08. The van der Waals surface area contributed by atoms with Crippen LogP contribution in [0.15, 0.2) is 12.1 Å². The standard InChI is InChI=1S/C13H14F3NO2/c14-10-4-3-8(12(15)13(10)16)6-11(18)17-7-9-2-1-5-19-9/h3-4,9H,1-2,5-7H2,(H,17,18). The molecule has 1 aliphatic heterocycles. The highest BCUT2D eigenvalue weighted by atomic mass is 19.2. The van der Waals surface area contributed by atoms with Crippen molar-refractivity contribution in [3.8, 4) is 0 Å². The van der Waals surface area contributed by atoms with Gasteiger partial charge in [-0.05, 0) is 18.9 Å². The minimum absolute atomic E-state index is 0.0150. The van der Waals surface area contributed by atoms with Crippen LogP contribution < -0.4 is 5.32 Å². The Morgan fingerprint density at radius 2 is 2.11 bits per heavy atom. The van der Waals surface area contributed by atoms with E-state index in [0.29, 0.717) is 13.2 Å². The molecule has 3 nitrogen and oxygen atoms in total. The summed E-state index contributed by atoms with van der Waals surface area (Å²) >= 11 is 0. The van der Waals surface area contributed by atoms with Crippen LogP contribution in [-0.4, -0.2) is 25.2 Å². The Morgan fingerprint density at radius 3 is 2.79 bits per heavy atom. The number of rotatable bonds is 4. The Hall–Kier alpha value is -1.56. The average Bonchev–Trinajstić information content (AvgIpc) is 2.90. The van der Waals surface area contributed by atoms with Crippen LogP contribution in [0, 0.1) is 17.5 Å². The molecule has 19 heavy (non-hydrogen) atoms. The van der Waals surface area contributed by atoms with Gasteiger partial charge in [-0.3, -0.25) is 4.79 Å². The molecule has 0 radical (unpaired) electrons. The third kappa shape index (κ3) is 3.47. The van der Waals surface area contributed by atoms with Gasteiger partial charge in [0.05, 0.1) is 12.5 Å². The summed E-state index contributed by atoms with van der Waals surface area (Å²) in [5, 5.41) is 2.59. The lowest BCUT2D eigenvalue weighted by molar-refractivity contribution is -0.121. The van der Waals surface area contributed by atoms with E-state index in [1.54, 1.807) is 0 Å². The first-order valence-corrected chi connectivity index (χ1v) is 6.08. The quantitative estimate of drug-likeness (QED) is 0.851. The van der Waals surface area contributed by atoms with Crippen LogP contribution in [0.4, 0.5) is 13.2 Å². The van der Waals surface area contributed by atoms with Gasteiger partial charge in [-0.15, -0.1) is 0 Å². The molecule has 1 atom stereocenters. The summed E-state index contributed by atoms with van der Waals surface area (Å²) in [5.41, 5.74) is -0.163. The van der Waals surface area contributed by atoms with Gasteiger partial charge in [-0.2, -0.15) is 0 Å². The number of benzene rings is 1. The number of nitrogens with one attached hydrogen (secondary N) is 1. The molecule has 0 spiro atoms. The predicted octanol–water partition coefficient (Wildman–Crippen LogP) is 1.94. The van der Waals surface area contributed by atoms with E-state index in [9.17, 15) is 18.0 Å². The zero-order valence-corrected chi connectivity index (χ0v) is 10.2. The third-order valence-electron chi connectivity index (χ3n) is 3.02. The molecule has 0 aromatic heterocycles. The monoisotopic (exact) mass is 273 g/mol. The molecule has 1 amide bonds. The van der Waals surface area contributed by atoms with Crippen molar-refractivity contribution in [1.82, 2.24) is 5.32 Å². The highest BCUT2D eigenvalue weighted by molar-refractivity contribution is 5.78. The fraction of sp³-hybridized carbons (Fsp3) is 0.462. The molecular formula is C13H14F3NO2. The second-order valence-electron chi connectivity index (χ2n) is 4.45. The Labute approximate surface area is 108 Å². The summed E-state index contributed by atoms with van der Waals surface area (Å²) in [5.74, 6) is -4.57. The van der Waals surface area contributed by atoms with Crippen LogP contribution in [0.3, 0.4) is 0 Å². The first-order valence-electron chi connectivity index (χ1n) is 6.08. The molecule has 6 heteroatoms. The molecule has 1 saturated heterocycles. The second kappa shape index (κ2) is 6.06. The van der Waals surface area contributed by atoms with Gasteiger partial charge in [0.25, 0.3) is 0 Å². The smallest absolute Gasteiger partial charge is 0.224 e. The van der Waals surface area contributed by atoms with Crippen molar-refractivity contribution in [3.05, 3.63) is 35.1 Å². The van der Waals surface area contributed by atoms with Gasteiger partial charge in [0.1, 0.15) is 0 Å². The molecule has 104 valence electrons. The van der Waals surface area contributed by atoms with Gasteiger partial charge < -0.3 is 10.1 Å². The summed E-state index contributed by atoms with van der Waals surface area (Å²) in [6.07, 6.45) is 1.49. The third-order valence-corrected chi connectivity index (χ3v) is 3.02. The van der Waals surface area contributed by atoms with Crippen LogP contribution in [0.1, 0.15) is 18.4 Å². The van der Waals surface area contributed by atoms with E-state index in [4.69, 9.17) is 4.74 Å². The lowest BCUT2D eigenvalue weighted by Crippen LogP contribution is -2.33. The van der Waals surface area contributed by atoms with E-state index in [1.165, 1.54) is 0 Å². The number of hydrogen-bond acceptors (Lipinski definition) is 2. The number of carbonyl (C=O) groups excluding carboxylic acids is 1. The van der Waals surface area contributed by atoms with Crippen LogP contribution in [-0.2, 0) is 16.0 Å². The number of hydrogen-bond donors (Lipinski definition) is 1. The molecule has 1 aromatic carbocycles. The first kappa shape index (κ1) is 13.9. The molecular weight excluding hydrogens is 259 g/mol. The number of ether oxygens (including phenoxy) is 1. The van der Waals surface area contributed by atoms with Crippen molar-refractivity contribution in [2.24, 2.45) is 0 Å². The Balaban J connectivity index is 1.89. The predicted molar refractivity (Wildman–Crippen MR) is 62.0 cm³/mol. The van der Waals surface area contributed by atoms with E-state index in [2.05, 4.69) is 5.32 Å². The topological polar surface area (TPSA) is 38.3 Å². The van der Waals surface area contributed by atoms with Crippen LogP contribution in [0.5, 0.6) is 0 Å². The van der Waals surface area contributed by atoms with Gasteiger partial charge in [0.2, 0.25) is 5.91 Å². The van der Waals surface area contributed by atoms with Gasteiger partial charge in [0.15, 0.2) is 17.5 Å². The van der Waals surface area contributed by atoms with Gasteiger partial charge in [-0.1, -0.05) is 6.07 Å². The van der Waals surface area contributed by atoms with Gasteiger partial charge in [0, 0.05) is 18.7 Å². The summed E-state index contributed by atoms with van der Waals surface area (Å²) in [7, 11) is 0. The Kier molecular flexibility index (Phi) is 4.42. The maximum atomic E-state index is 13.3. The molecule has 1 fully saturated rings. The average molecular weight is 273 g/mol. The van der Waals surface area contributed by atoms with E-state index in [-0.39, 0.29) is 18.1 Å². The van der Waals surface area contributed by atoms with E-state index in [0.717, 1.165) is 25.0 Å². The van der Waals surface area contributed by atoms with Crippen molar-refractivity contribution >= 4 is 5.91 Å². The van der Waals surface area contributed by atoms with Crippen LogP contribution in [0.25, 0.3) is 0 Å². The van der Waals surface area contributed by atoms with E-state index >= 15 is 0 Å². The Bertz CT molecular complexity index is 473. The lowest BCUT2D eigenvalue weighted by atomic mass is 10.1. The maximum Gasteiger partial charge on any atom is 0.224 e. The summed E-state index contributed by atoms with van der Waals surface area (Å²) < 4.78 is 44.3. The molecule has 1 aromatic rings. The minimum atomic E-state index is -1.55. The summed E-state index contributed by atoms with van der Waals surface area (Å²) in [6, 6.07) is 1.88. The molecule has 2 rings (SSSR count). The Morgan fingerprint density at radius 1 is 1.32 bits per heavy atom.